The fourth-order valence-electron chi connectivity index (χ4n) is 4.61. The zero-order valence-corrected chi connectivity index (χ0v) is 18.6. The van der Waals surface area contributed by atoms with Crippen LogP contribution in [0.1, 0.15) is 29.5 Å². The molecule has 166 valence electrons. The van der Waals surface area contributed by atoms with Gasteiger partial charge in [0, 0.05) is 32.0 Å². The Balaban J connectivity index is 1.60. The molecule has 1 aromatic heterocycles. The Hall–Kier alpha value is -2.36. The molecule has 2 aromatic rings. The Labute approximate surface area is 182 Å². The van der Waals surface area contributed by atoms with Crippen molar-refractivity contribution in [1.82, 2.24) is 18.9 Å². The topological polar surface area (TPSA) is 82.6 Å². The van der Waals surface area contributed by atoms with E-state index in [-0.39, 0.29) is 18.3 Å². The lowest BCUT2D eigenvalue weighted by Gasteiger charge is -2.24. The van der Waals surface area contributed by atoms with Crippen LogP contribution >= 0.6 is 0 Å². The maximum Gasteiger partial charge on any atom is 0.303 e. The summed E-state index contributed by atoms with van der Waals surface area (Å²) in [7, 11) is -0.526. The lowest BCUT2D eigenvalue weighted by molar-refractivity contribution is -0.118. The second-order valence-corrected chi connectivity index (χ2v) is 10.1. The molecule has 9 heteroatoms. The van der Waals surface area contributed by atoms with Crippen molar-refractivity contribution in [2.75, 3.05) is 27.2 Å². The van der Waals surface area contributed by atoms with Crippen LogP contribution in [0.4, 0.5) is 4.39 Å². The van der Waals surface area contributed by atoms with Gasteiger partial charge in [-0.1, -0.05) is 0 Å². The van der Waals surface area contributed by atoms with Crippen LogP contribution in [0.15, 0.2) is 30.6 Å². The minimum Gasteiger partial charge on any atom is -0.305 e. The largest absolute Gasteiger partial charge is 0.305 e. The molecule has 0 saturated carbocycles. The van der Waals surface area contributed by atoms with E-state index < -0.39 is 16.1 Å². The standard InChI is InChI=1S/C22H27FN4O3S/c1-26-11-8-16(14-26)27(2)31(29,30)25-22(28)13-20-17-4-3-5-18(17)21(23)12-19(20)15-6-9-24-10-7-15/h6-7,9-10,12,16H,3-5,8,11,13-14H2,1-2H3,(H,25,28). The van der Waals surface area contributed by atoms with Gasteiger partial charge in [-0.15, -0.1) is 0 Å². The minimum atomic E-state index is -3.96. The van der Waals surface area contributed by atoms with Crippen LogP contribution in [-0.2, 0) is 34.3 Å². The van der Waals surface area contributed by atoms with E-state index in [0.29, 0.717) is 36.1 Å². The van der Waals surface area contributed by atoms with Crippen molar-refractivity contribution in [3.05, 3.63) is 53.1 Å². The quantitative estimate of drug-likeness (QED) is 0.733. The summed E-state index contributed by atoms with van der Waals surface area (Å²) >= 11 is 0. The number of nitrogens with zero attached hydrogens (tertiary/aromatic N) is 3. The summed E-state index contributed by atoms with van der Waals surface area (Å²) in [5, 5.41) is 0. The summed E-state index contributed by atoms with van der Waals surface area (Å²) in [5.74, 6) is -0.893. The van der Waals surface area contributed by atoms with Crippen LogP contribution in [0.25, 0.3) is 11.1 Å². The SMILES string of the molecule is CN1CCC(N(C)S(=O)(=O)NC(=O)Cc2c(-c3ccncc3)cc(F)c3c2CCC3)C1. The maximum absolute atomic E-state index is 14.7. The lowest BCUT2D eigenvalue weighted by atomic mass is 9.91. The maximum atomic E-state index is 14.7. The zero-order chi connectivity index (χ0) is 22.2. The number of likely N-dealkylation sites (N-methyl/N-ethyl adjacent to an activating group) is 2. The predicted molar refractivity (Wildman–Crippen MR) is 116 cm³/mol. The van der Waals surface area contributed by atoms with Crippen molar-refractivity contribution < 1.29 is 17.6 Å². The molecule has 1 fully saturated rings. The van der Waals surface area contributed by atoms with Crippen LogP contribution in [0, 0.1) is 5.82 Å². The number of benzene rings is 1. The highest BCUT2D eigenvalue weighted by atomic mass is 32.2. The number of rotatable bonds is 6. The Bertz CT molecular complexity index is 1090. The monoisotopic (exact) mass is 446 g/mol. The third-order valence-electron chi connectivity index (χ3n) is 6.30. The molecular weight excluding hydrogens is 419 g/mol. The number of hydrogen-bond donors (Lipinski definition) is 1. The highest BCUT2D eigenvalue weighted by molar-refractivity contribution is 7.87. The summed E-state index contributed by atoms with van der Waals surface area (Å²) in [4.78, 5) is 18.9. The van der Waals surface area contributed by atoms with Gasteiger partial charge in [0.2, 0.25) is 5.91 Å². The van der Waals surface area contributed by atoms with Crippen LogP contribution < -0.4 is 4.72 Å². The normalized spacial score (nSPS) is 19.0. The minimum absolute atomic E-state index is 0.127. The number of nitrogens with one attached hydrogen (secondary N) is 1. The number of pyridine rings is 1. The van der Waals surface area contributed by atoms with Crippen LogP contribution in [0.2, 0.25) is 0 Å². The second kappa shape index (κ2) is 8.64. The molecular formula is C22H27FN4O3S. The first-order chi connectivity index (χ1) is 14.8. The first kappa shape index (κ1) is 21.9. The number of carbonyl (C=O) groups is 1. The molecule has 1 saturated heterocycles. The molecule has 4 rings (SSSR count). The highest BCUT2D eigenvalue weighted by Crippen LogP contribution is 2.35. The molecule has 1 atom stereocenters. The van der Waals surface area contributed by atoms with E-state index in [2.05, 4.69) is 14.6 Å². The molecule has 0 radical (unpaired) electrons. The van der Waals surface area contributed by atoms with Gasteiger partial charge in [0.1, 0.15) is 5.82 Å². The fraction of sp³-hybridized carbons (Fsp3) is 0.455. The van der Waals surface area contributed by atoms with Crippen molar-refractivity contribution in [3.63, 3.8) is 0 Å². The molecule has 7 nitrogen and oxygen atoms in total. The summed E-state index contributed by atoms with van der Waals surface area (Å²) in [6.07, 6.45) is 5.94. The van der Waals surface area contributed by atoms with Gasteiger partial charge in [0.25, 0.3) is 0 Å². The van der Waals surface area contributed by atoms with Gasteiger partial charge in [0.15, 0.2) is 0 Å². The van der Waals surface area contributed by atoms with E-state index in [1.807, 2.05) is 7.05 Å². The molecule has 2 heterocycles. The molecule has 1 aliphatic heterocycles. The zero-order valence-electron chi connectivity index (χ0n) is 17.8. The summed E-state index contributed by atoms with van der Waals surface area (Å²) < 4.78 is 43.7. The molecule has 1 aliphatic carbocycles. The third-order valence-corrected chi connectivity index (χ3v) is 7.84. The van der Waals surface area contributed by atoms with Gasteiger partial charge in [-0.05, 0) is 85.3 Å². The lowest BCUT2D eigenvalue weighted by Crippen LogP contribution is -2.47. The van der Waals surface area contributed by atoms with Crippen LogP contribution in [0.3, 0.4) is 0 Å². The number of amides is 1. The van der Waals surface area contributed by atoms with Crippen LogP contribution in [0.5, 0.6) is 0 Å². The average molecular weight is 447 g/mol. The summed E-state index contributed by atoms with van der Waals surface area (Å²) in [5.41, 5.74) is 3.51. The van der Waals surface area contributed by atoms with E-state index >= 15 is 0 Å². The van der Waals surface area contributed by atoms with Crippen molar-refractivity contribution in [2.45, 2.75) is 38.1 Å². The predicted octanol–water partition coefficient (Wildman–Crippen LogP) is 1.92. The number of hydrogen-bond acceptors (Lipinski definition) is 5. The first-order valence-corrected chi connectivity index (χ1v) is 11.9. The second-order valence-electron chi connectivity index (χ2n) is 8.36. The highest BCUT2D eigenvalue weighted by Gasteiger charge is 2.32. The third kappa shape index (κ3) is 4.49. The molecule has 1 N–H and O–H groups in total. The van der Waals surface area contributed by atoms with E-state index in [0.717, 1.165) is 30.5 Å². The molecule has 1 aromatic carbocycles. The Kier molecular flexibility index (Phi) is 6.09. The Morgan fingerprint density at radius 1 is 1.29 bits per heavy atom. The Morgan fingerprint density at radius 3 is 2.68 bits per heavy atom. The van der Waals surface area contributed by atoms with Gasteiger partial charge in [-0.2, -0.15) is 12.7 Å². The van der Waals surface area contributed by atoms with E-state index in [9.17, 15) is 17.6 Å². The van der Waals surface area contributed by atoms with Crippen molar-refractivity contribution >= 4 is 16.1 Å². The van der Waals surface area contributed by atoms with Crippen LogP contribution in [-0.4, -0.2) is 61.7 Å². The molecule has 0 bridgehead atoms. The van der Waals surface area contributed by atoms with Crippen molar-refractivity contribution in [3.8, 4) is 11.1 Å². The number of fused-ring (bicyclic) bond motifs is 1. The molecule has 0 spiro atoms. The van der Waals surface area contributed by atoms with Crippen molar-refractivity contribution in [2.24, 2.45) is 0 Å². The molecule has 2 aliphatic rings. The molecule has 1 unspecified atom stereocenters. The fourth-order valence-corrected chi connectivity index (χ4v) is 5.68. The van der Waals surface area contributed by atoms with Gasteiger partial charge in [-0.3, -0.25) is 9.78 Å². The smallest absolute Gasteiger partial charge is 0.303 e. The summed E-state index contributed by atoms with van der Waals surface area (Å²) in [6.45, 7) is 1.44. The molecule has 31 heavy (non-hydrogen) atoms. The van der Waals surface area contributed by atoms with Gasteiger partial charge < -0.3 is 4.90 Å². The average Bonchev–Trinajstić information content (AvgIpc) is 3.39. The Morgan fingerprint density at radius 2 is 2.00 bits per heavy atom. The number of halogens is 1. The summed E-state index contributed by atoms with van der Waals surface area (Å²) in [6, 6.07) is 4.81. The number of carbonyl (C=O) groups excluding carboxylic acids is 1. The van der Waals surface area contributed by atoms with E-state index in [4.69, 9.17) is 0 Å². The van der Waals surface area contributed by atoms with Crippen molar-refractivity contribution in [1.29, 1.82) is 0 Å². The van der Waals surface area contributed by atoms with Gasteiger partial charge in [-0.25, -0.2) is 9.11 Å². The first-order valence-electron chi connectivity index (χ1n) is 10.5. The van der Waals surface area contributed by atoms with E-state index in [1.165, 1.54) is 17.4 Å². The number of aromatic nitrogens is 1. The number of likely N-dealkylation sites (tertiary alicyclic amines) is 1. The van der Waals surface area contributed by atoms with Gasteiger partial charge >= 0.3 is 10.2 Å². The molecule has 1 amide bonds. The van der Waals surface area contributed by atoms with E-state index in [1.54, 1.807) is 24.5 Å². The van der Waals surface area contributed by atoms with Gasteiger partial charge in [0.05, 0.1) is 6.42 Å².